The van der Waals surface area contributed by atoms with Gasteiger partial charge >= 0.3 is 17.9 Å². The van der Waals surface area contributed by atoms with Crippen molar-refractivity contribution >= 4 is 29.7 Å². The second kappa shape index (κ2) is 19.8. The lowest BCUT2D eigenvalue weighted by Gasteiger charge is -2.44. The van der Waals surface area contributed by atoms with Crippen molar-refractivity contribution in [1.29, 1.82) is 0 Å². The largest absolute Gasteiger partial charge is 0.454 e. The minimum absolute atomic E-state index is 0.101. The van der Waals surface area contributed by atoms with Gasteiger partial charge in [-0.15, -0.1) is 0 Å². The van der Waals surface area contributed by atoms with Crippen LogP contribution in [0.3, 0.4) is 0 Å². The summed E-state index contributed by atoms with van der Waals surface area (Å²) < 4.78 is 28.9. The van der Waals surface area contributed by atoms with E-state index in [0.717, 1.165) is 25.7 Å². The van der Waals surface area contributed by atoms with Crippen LogP contribution >= 0.6 is 0 Å². The topological polar surface area (TPSA) is 176 Å². The number of benzene rings is 1. The van der Waals surface area contributed by atoms with E-state index in [0.29, 0.717) is 13.1 Å². The van der Waals surface area contributed by atoms with E-state index in [1.807, 2.05) is 13.8 Å². The number of amides is 2. The highest BCUT2D eigenvalue weighted by atomic mass is 16.7. The maximum Gasteiger partial charge on any atom is 0.338 e. The van der Waals surface area contributed by atoms with Crippen LogP contribution < -0.4 is 10.6 Å². The molecular formula is C34H48N2O11. The molecule has 47 heavy (non-hydrogen) atoms. The van der Waals surface area contributed by atoms with Crippen LogP contribution in [0.25, 0.3) is 0 Å². The van der Waals surface area contributed by atoms with Crippen LogP contribution in [-0.2, 0) is 42.9 Å². The third-order valence-corrected chi connectivity index (χ3v) is 8.00. The highest BCUT2D eigenvalue weighted by molar-refractivity contribution is 5.89. The van der Waals surface area contributed by atoms with Gasteiger partial charge in [-0.05, 0) is 37.8 Å². The van der Waals surface area contributed by atoms with Crippen LogP contribution in [0.4, 0.5) is 0 Å². The summed E-state index contributed by atoms with van der Waals surface area (Å²) in [6, 6.07) is 8.05. The number of hydrogen-bond donors (Lipinski definition) is 3. The van der Waals surface area contributed by atoms with Gasteiger partial charge in [0, 0.05) is 33.0 Å². The van der Waals surface area contributed by atoms with Gasteiger partial charge in [-0.3, -0.25) is 19.2 Å². The Kier molecular flexibility index (Phi) is 15.8. The average Bonchev–Trinajstić information content (AvgIpc) is 3.06. The van der Waals surface area contributed by atoms with Crippen molar-refractivity contribution in [1.82, 2.24) is 10.6 Å². The van der Waals surface area contributed by atoms with E-state index in [-0.39, 0.29) is 43.1 Å². The van der Waals surface area contributed by atoms with E-state index in [9.17, 15) is 29.1 Å². The lowest BCUT2D eigenvalue weighted by molar-refractivity contribution is -0.301. The molecule has 2 heterocycles. The predicted octanol–water partition coefficient (Wildman–Crippen LogP) is 2.59. The van der Waals surface area contributed by atoms with Gasteiger partial charge in [0.15, 0.2) is 24.6 Å². The number of allylic oxidation sites excluding steroid dienone is 2. The van der Waals surface area contributed by atoms with E-state index in [1.54, 1.807) is 30.4 Å². The zero-order chi connectivity index (χ0) is 34.2. The Labute approximate surface area is 275 Å². The molecule has 0 aromatic heterocycles. The maximum atomic E-state index is 13.7. The quantitative estimate of drug-likeness (QED) is 0.116. The second-order valence-electron chi connectivity index (χ2n) is 11.7. The van der Waals surface area contributed by atoms with Crippen molar-refractivity contribution in [3.05, 3.63) is 48.0 Å². The molecule has 1 saturated heterocycles. The third-order valence-electron chi connectivity index (χ3n) is 8.00. The summed E-state index contributed by atoms with van der Waals surface area (Å²) in [6.45, 7) is 4.25. The Morgan fingerprint density at radius 1 is 0.851 bits per heavy atom. The number of aliphatic hydroxyl groups excluding tert-OH is 1. The van der Waals surface area contributed by atoms with Crippen molar-refractivity contribution in [2.24, 2.45) is 11.8 Å². The summed E-state index contributed by atoms with van der Waals surface area (Å²) in [6.07, 6.45) is -0.422. The Hall–Kier alpha value is -3.81. The minimum Gasteiger partial charge on any atom is -0.454 e. The molecule has 13 heteroatoms. The van der Waals surface area contributed by atoms with Crippen LogP contribution in [0.15, 0.2) is 42.5 Å². The number of fused-ring (bicyclic) bond motifs is 1. The number of ether oxygens (including phenoxy) is 5. The van der Waals surface area contributed by atoms with Gasteiger partial charge < -0.3 is 39.4 Å². The Bertz CT molecular complexity index is 1210. The Morgan fingerprint density at radius 2 is 1.38 bits per heavy atom. The van der Waals surface area contributed by atoms with Gasteiger partial charge in [-0.25, -0.2) is 4.79 Å². The number of rotatable bonds is 14. The fourth-order valence-corrected chi connectivity index (χ4v) is 5.29. The van der Waals surface area contributed by atoms with Gasteiger partial charge in [-0.1, -0.05) is 57.0 Å². The fourth-order valence-electron chi connectivity index (χ4n) is 5.29. The highest BCUT2D eigenvalue weighted by Crippen LogP contribution is 2.32. The van der Waals surface area contributed by atoms with Gasteiger partial charge in [0.25, 0.3) is 0 Å². The molecule has 7 atom stereocenters. The highest BCUT2D eigenvalue weighted by Gasteiger charge is 2.53. The zero-order valence-electron chi connectivity index (χ0n) is 27.4. The summed E-state index contributed by atoms with van der Waals surface area (Å²) in [5, 5.41) is 15.9. The number of aliphatic hydroxyl groups is 1. The van der Waals surface area contributed by atoms with Crippen molar-refractivity contribution in [2.75, 3.05) is 26.8 Å². The van der Waals surface area contributed by atoms with Crippen molar-refractivity contribution in [3.8, 4) is 0 Å². The number of carbonyl (C=O) groups is 5. The zero-order valence-corrected chi connectivity index (χ0v) is 27.4. The summed E-state index contributed by atoms with van der Waals surface area (Å²) in [7, 11) is 1.28. The molecule has 2 aliphatic heterocycles. The van der Waals surface area contributed by atoms with Crippen LogP contribution in [0.5, 0.6) is 0 Å². The first-order valence-electron chi connectivity index (χ1n) is 16.4. The molecule has 3 N–H and O–H groups in total. The van der Waals surface area contributed by atoms with E-state index in [2.05, 4.69) is 10.6 Å². The van der Waals surface area contributed by atoms with Crippen LogP contribution in [0.1, 0.15) is 75.6 Å². The molecule has 0 aliphatic carbocycles. The normalized spacial score (nSPS) is 26.4. The van der Waals surface area contributed by atoms with Crippen LogP contribution in [0.2, 0.25) is 0 Å². The first kappa shape index (κ1) is 37.6. The van der Waals surface area contributed by atoms with Gasteiger partial charge in [-0.2, -0.15) is 0 Å². The molecule has 2 aliphatic rings. The van der Waals surface area contributed by atoms with Gasteiger partial charge in [0.05, 0.1) is 24.0 Å². The Morgan fingerprint density at radius 3 is 1.87 bits per heavy atom. The van der Waals surface area contributed by atoms with Crippen molar-refractivity contribution in [2.45, 2.75) is 95.9 Å². The number of hydrogen-bond acceptors (Lipinski definition) is 11. The van der Waals surface area contributed by atoms with E-state index in [4.69, 9.17) is 23.7 Å². The molecule has 1 aromatic carbocycles. The van der Waals surface area contributed by atoms with Crippen molar-refractivity contribution in [3.63, 3.8) is 0 Å². The molecule has 0 bridgehead atoms. The fraction of sp³-hybridized carbons (Fsp3) is 0.618. The summed E-state index contributed by atoms with van der Waals surface area (Å²) >= 11 is 0. The SMILES string of the molecule is CCCCNC(=O)C[C@H]1CC=CC[C@H](CC(=O)NCCCC)C(=O)O[C@H]2[C@@H](OC)O[C@H](CO)[C@H](OC(=O)c3ccccc3)[C@@H]2OC1=O. The number of nitrogens with one attached hydrogen (secondary N) is 2. The van der Waals surface area contributed by atoms with Crippen LogP contribution in [0, 0.1) is 11.8 Å². The summed E-state index contributed by atoms with van der Waals surface area (Å²) in [4.78, 5) is 66.1. The molecule has 3 rings (SSSR count). The lowest BCUT2D eigenvalue weighted by atomic mass is 9.94. The first-order chi connectivity index (χ1) is 22.7. The first-order valence-corrected chi connectivity index (χ1v) is 16.4. The molecule has 1 aromatic rings. The second-order valence-corrected chi connectivity index (χ2v) is 11.7. The molecule has 2 amide bonds. The lowest BCUT2D eigenvalue weighted by Crippen LogP contribution is -2.63. The number of carbonyl (C=O) groups excluding carboxylic acids is 5. The molecule has 260 valence electrons. The minimum atomic E-state index is -1.50. The average molecular weight is 661 g/mol. The molecule has 0 saturated carbocycles. The molecule has 0 spiro atoms. The predicted molar refractivity (Wildman–Crippen MR) is 169 cm³/mol. The van der Waals surface area contributed by atoms with Crippen LogP contribution in [-0.4, -0.2) is 92.3 Å². The standard InChI is InChI=1S/C34H48N2O11/c1-4-6-17-35-26(38)19-23-15-11-12-16-24(20-27(39)36-18-7-5-2)33(42)47-30-29(46-32(23)41)28(25(21-37)44-34(30)43-3)45-31(40)22-13-9-8-10-14-22/h8-14,23-25,28-30,34,37H,4-7,15-21H2,1-3H3,(H,35,38)(H,36,39)/t23-,24-,25-,28+,29+,30-,34+/m1/s1. The number of esters is 3. The molecule has 0 unspecified atom stereocenters. The number of unbranched alkanes of at least 4 members (excludes halogenated alkanes) is 2. The maximum absolute atomic E-state index is 13.7. The molecule has 0 radical (unpaired) electrons. The molecule has 13 nitrogen and oxygen atoms in total. The van der Waals surface area contributed by atoms with E-state index < -0.39 is 67.1 Å². The van der Waals surface area contributed by atoms with Gasteiger partial charge in [0.1, 0.15) is 6.10 Å². The smallest absolute Gasteiger partial charge is 0.338 e. The molecular weight excluding hydrogens is 612 g/mol. The summed E-state index contributed by atoms with van der Waals surface area (Å²) in [5.41, 5.74) is 0.187. The van der Waals surface area contributed by atoms with Gasteiger partial charge in [0.2, 0.25) is 11.8 Å². The van der Waals surface area contributed by atoms with E-state index in [1.165, 1.54) is 19.2 Å². The van der Waals surface area contributed by atoms with Crippen molar-refractivity contribution < 1.29 is 52.8 Å². The summed E-state index contributed by atoms with van der Waals surface area (Å²) in [5.74, 6) is -4.90. The monoisotopic (exact) mass is 660 g/mol. The Balaban J connectivity index is 1.99. The molecule has 1 fully saturated rings. The van der Waals surface area contributed by atoms with E-state index >= 15 is 0 Å². The number of methoxy groups -OCH3 is 1. The third kappa shape index (κ3) is 11.4.